The fourth-order valence-corrected chi connectivity index (χ4v) is 2.75. The standard InChI is InChI=1S/C18H27N3O2/c1-5-19-17(21-11-10-18(2,3)13-21)20-12-14-6-8-15(9-7-14)16(22)23-4/h6-9H,5,10-13H2,1-4H3,(H,19,20). The number of aliphatic imine (C=N–C) groups is 1. The maximum absolute atomic E-state index is 11.4. The minimum Gasteiger partial charge on any atom is -0.465 e. The highest BCUT2D eigenvalue weighted by atomic mass is 16.5. The van der Waals surface area contributed by atoms with Gasteiger partial charge in [-0.25, -0.2) is 9.79 Å². The number of rotatable bonds is 4. The van der Waals surface area contributed by atoms with Gasteiger partial charge in [0.15, 0.2) is 5.96 Å². The molecule has 1 aromatic rings. The number of esters is 1. The number of guanidine groups is 1. The second-order valence-electron chi connectivity index (χ2n) is 6.69. The van der Waals surface area contributed by atoms with Crippen LogP contribution in [0, 0.1) is 5.41 Å². The second-order valence-corrected chi connectivity index (χ2v) is 6.69. The van der Waals surface area contributed by atoms with Gasteiger partial charge in [0.25, 0.3) is 0 Å². The van der Waals surface area contributed by atoms with Gasteiger partial charge >= 0.3 is 5.97 Å². The highest BCUT2D eigenvalue weighted by molar-refractivity contribution is 5.89. The number of nitrogens with zero attached hydrogens (tertiary/aromatic N) is 2. The van der Waals surface area contributed by atoms with Crippen LogP contribution in [0.15, 0.2) is 29.3 Å². The molecule has 23 heavy (non-hydrogen) atoms. The van der Waals surface area contributed by atoms with Gasteiger partial charge in [-0.2, -0.15) is 0 Å². The van der Waals surface area contributed by atoms with E-state index in [4.69, 9.17) is 9.73 Å². The van der Waals surface area contributed by atoms with E-state index in [1.807, 2.05) is 12.1 Å². The molecule has 0 atom stereocenters. The summed E-state index contributed by atoms with van der Waals surface area (Å²) in [5, 5.41) is 3.37. The molecule has 5 nitrogen and oxygen atoms in total. The molecule has 0 unspecified atom stereocenters. The third-order valence-electron chi connectivity index (χ3n) is 4.10. The minimum atomic E-state index is -0.312. The normalized spacial score (nSPS) is 17.2. The molecule has 0 saturated carbocycles. The molecule has 0 aromatic heterocycles. The summed E-state index contributed by atoms with van der Waals surface area (Å²) in [6, 6.07) is 7.41. The minimum absolute atomic E-state index is 0.312. The molecule has 2 rings (SSSR count). The second kappa shape index (κ2) is 7.49. The molecule has 1 aliphatic heterocycles. The number of benzene rings is 1. The van der Waals surface area contributed by atoms with Crippen LogP contribution in [0.1, 0.15) is 43.1 Å². The lowest BCUT2D eigenvalue weighted by molar-refractivity contribution is 0.0600. The van der Waals surface area contributed by atoms with E-state index in [0.29, 0.717) is 17.5 Å². The summed E-state index contributed by atoms with van der Waals surface area (Å²) in [4.78, 5) is 18.5. The average molecular weight is 317 g/mol. The van der Waals surface area contributed by atoms with Crippen LogP contribution in [0.2, 0.25) is 0 Å². The van der Waals surface area contributed by atoms with E-state index in [0.717, 1.165) is 31.2 Å². The van der Waals surface area contributed by atoms with Crippen LogP contribution in [-0.2, 0) is 11.3 Å². The summed E-state index contributed by atoms with van der Waals surface area (Å²) in [5.41, 5.74) is 1.98. The highest BCUT2D eigenvalue weighted by Crippen LogP contribution is 2.28. The summed E-state index contributed by atoms with van der Waals surface area (Å²) >= 11 is 0. The Bertz CT molecular complexity index is 564. The van der Waals surface area contributed by atoms with Crippen molar-refractivity contribution in [1.82, 2.24) is 10.2 Å². The highest BCUT2D eigenvalue weighted by Gasteiger charge is 2.30. The Labute approximate surface area is 138 Å². The molecule has 1 aromatic carbocycles. The molecular formula is C18H27N3O2. The smallest absolute Gasteiger partial charge is 0.337 e. The van der Waals surface area contributed by atoms with Gasteiger partial charge in [-0.05, 0) is 36.5 Å². The molecule has 5 heteroatoms. The van der Waals surface area contributed by atoms with E-state index in [1.165, 1.54) is 13.5 Å². The van der Waals surface area contributed by atoms with Gasteiger partial charge in [-0.1, -0.05) is 26.0 Å². The number of ether oxygens (including phenoxy) is 1. The lowest BCUT2D eigenvalue weighted by Gasteiger charge is -2.23. The van der Waals surface area contributed by atoms with E-state index in [-0.39, 0.29) is 5.97 Å². The summed E-state index contributed by atoms with van der Waals surface area (Å²) in [6.07, 6.45) is 1.19. The molecule has 0 amide bonds. The van der Waals surface area contributed by atoms with Crippen LogP contribution >= 0.6 is 0 Å². The van der Waals surface area contributed by atoms with E-state index in [9.17, 15) is 4.79 Å². The molecular weight excluding hydrogens is 290 g/mol. The quantitative estimate of drug-likeness (QED) is 0.527. The Morgan fingerprint density at radius 3 is 2.57 bits per heavy atom. The Morgan fingerprint density at radius 1 is 1.35 bits per heavy atom. The van der Waals surface area contributed by atoms with Crippen molar-refractivity contribution in [2.75, 3.05) is 26.7 Å². The first-order valence-electron chi connectivity index (χ1n) is 8.16. The summed E-state index contributed by atoms with van der Waals surface area (Å²) in [7, 11) is 1.39. The van der Waals surface area contributed by atoms with Crippen molar-refractivity contribution in [3.8, 4) is 0 Å². The first-order chi connectivity index (χ1) is 10.9. The maximum atomic E-state index is 11.4. The Kier molecular flexibility index (Phi) is 5.64. The number of nitrogens with one attached hydrogen (secondary N) is 1. The third-order valence-corrected chi connectivity index (χ3v) is 4.10. The predicted octanol–water partition coefficient (Wildman–Crippen LogP) is 2.67. The zero-order chi connectivity index (χ0) is 16.9. The number of hydrogen-bond acceptors (Lipinski definition) is 3. The number of carbonyl (C=O) groups is 1. The van der Waals surface area contributed by atoms with Crippen molar-refractivity contribution < 1.29 is 9.53 Å². The van der Waals surface area contributed by atoms with Crippen molar-refractivity contribution in [3.05, 3.63) is 35.4 Å². The van der Waals surface area contributed by atoms with Gasteiger partial charge in [0, 0.05) is 19.6 Å². The van der Waals surface area contributed by atoms with Crippen LogP contribution in [0.5, 0.6) is 0 Å². The lowest BCUT2D eigenvalue weighted by Crippen LogP contribution is -2.40. The predicted molar refractivity (Wildman–Crippen MR) is 92.6 cm³/mol. The molecule has 1 heterocycles. The van der Waals surface area contributed by atoms with Crippen LogP contribution in [-0.4, -0.2) is 43.6 Å². The van der Waals surface area contributed by atoms with Crippen LogP contribution < -0.4 is 5.32 Å². The van der Waals surface area contributed by atoms with Gasteiger partial charge in [0.05, 0.1) is 19.2 Å². The molecule has 1 fully saturated rings. The van der Waals surface area contributed by atoms with Crippen molar-refractivity contribution in [2.24, 2.45) is 10.4 Å². The van der Waals surface area contributed by atoms with E-state index >= 15 is 0 Å². The fourth-order valence-electron chi connectivity index (χ4n) is 2.75. The first-order valence-corrected chi connectivity index (χ1v) is 8.16. The zero-order valence-electron chi connectivity index (χ0n) is 14.6. The van der Waals surface area contributed by atoms with Crippen molar-refractivity contribution in [3.63, 3.8) is 0 Å². The van der Waals surface area contributed by atoms with Gasteiger partial charge in [0.1, 0.15) is 0 Å². The lowest BCUT2D eigenvalue weighted by atomic mass is 9.93. The summed E-state index contributed by atoms with van der Waals surface area (Å²) in [5.74, 6) is 0.655. The number of hydrogen-bond donors (Lipinski definition) is 1. The van der Waals surface area contributed by atoms with E-state index in [1.54, 1.807) is 12.1 Å². The van der Waals surface area contributed by atoms with Crippen LogP contribution in [0.3, 0.4) is 0 Å². The number of methoxy groups -OCH3 is 1. The fraction of sp³-hybridized carbons (Fsp3) is 0.556. The van der Waals surface area contributed by atoms with Gasteiger partial charge in [0.2, 0.25) is 0 Å². The molecule has 1 N–H and O–H groups in total. The molecule has 0 bridgehead atoms. The largest absolute Gasteiger partial charge is 0.465 e. The SMILES string of the molecule is CCNC(=NCc1ccc(C(=O)OC)cc1)N1CCC(C)(C)C1. The molecule has 0 aliphatic carbocycles. The topological polar surface area (TPSA) is 53.9 Å². The van der Waals surface area contributed by atoms with Crippen LogP contribution in [0.25, 0.3) is 0 Å². The van der Waals surface area contributed by atoms with Crippen molar-refractivity contribution >= 4 is 11.9 Å². The Hall–Kier alpha value is -2.04. The van der Waals surface area contributed by atoms with Crippen molar-refractivity contribution in [1.29, 1.82) is 0 Å². The van der Waals surface area contributed by atoms with Crippen LogP contribution in [0.4, 0.5) is 0 Å². The number of likely N-dealkylation sites (tertiary alicyclic amines) is 1. The number of carbonyl (C=O) groups excluding carboxylic acids is 1. The molecule has 1 saturated heterocycles. The average Bonchev–Trinajstić information content (AvgIpc) is 2.91. The molecule has 1 aliphatic rings. The molecule has 0 spiro atoms. The molecule has 0 radical (unpaired) electrons. The zero-order valence-corrected chi connectivity index (χ0v) is 14.6. The Balaban J connectivity index is 2.04. The van der Waals surface area contributed by atoms with E-state index < -0.39 is 0 Å². The maximum Gasteiger partial charge on any atom is 0.337 e. The van der Waals surface area contributed by atoms with E-state index in [2.05, 4.69) is 31.0 Å². The summed E-state index contributed by atoms with van der Waals surface area (Å²) < 4.78 is 4.71. The monoisotopic (exact) mass is 317 g/mol. The van der Waals surface area contributed by atoms with Gasteiger partial charge < -0.3 is 15.0 Å². The Morgan fingerprint density at radius 2 is 2.04 bits per heavy atom. The first kappa shape index (κ1) is 17.3. The molecule has 126 valence electrons. The van der Waals surface area contributed by atoms with Crippen molar-refractivity contribution in [2.45, 2.75) is 33.7 Å². The summed E-state index contributed by atoms with van der Waals surface area (Å²) in [6.45, 7) is 10.2. The third kappa shape index (κ3) is 4.71. The van der Waals surface area contributed by atoms with Gasteiger partial charge in [-0.15, -0.1) is 0 Å². The van der Waals surface area contributed by atoms with Gasteiger partial charge in [-0.3, -0.25) is 0 Å².